The van der Waals surface area contributed by atoms with Crippen molar-refractivity contribution in [2.45, 2.75) is 6.92 Å². The molecule has 0 saturated heterocycles. The van der Waals surface area contributed by atoms with Crippen LogP contribution in [0.15, 0.2) is 66.7 Å². The van der Waals surface area contributed by atoms with E-state index in [1.165, 1.54) is 0 Å². The Morgan fingerprint density at radius 1 is 0.870 bits per heavy atom. The van der Waals surface area contributed by atoms with E-state index in [4.69, 9.17) is 10.7 Å². The summed E-state index contributed by atoms with van der Waals surface area (Å²) < 4.78 is 1.89. The Morgan fingerprint density at radius 3 is 2.35 bits per heavy atom. The second-order valence-corrected chi connectivity index (χ2v) is 5.52. The molecule has 112 valence electrons. The molecule has 2 heterocycles. The lowest BCUT2D eigenvalue weighted by molar-refractivity contribution is 0.878. The fourth-order valence-electron chi connectivity index (χ4n) is 2.71. The van der Waals surface area contributed by atoms with Crippen LogP contribution in [-0.2, 0) is 0 Å². The smallest absolute Gasteiger partial charge is 0.163 e. The fraction of sp³-hybridized carbons (Fsp3) is 0.0526. The van der Waals surface area contributed by atoms with E-state index in [2.05, 4.69) is 11.2 Å². The van der Waals surface area contributed by atoms with Gasteiger partial charge in [0.25, 0.3) is 0 Å². The minimum absolute atomic E-state index is 0.750. The molecule has 4 rings (SSSR count). The number of nitrogen functional groups attached to an aromatic ring is 1. The first kappa shape index (κ1) is 13.5. The molecule has 0 aliphatic carbocycles. The second kappa shape index (κ2) is 5.25. The summed E-state index contributed by atoms with van der Waals surface area (Å²) in [4.78, 5) is 4.83. The van der Waals surface area contributed by atoms with Crippen molar-refractivity contribution in [2.75, 3.05) is 5.73 Å². The lowest BCUT2D eigenvalue weighted by Gasteiger charge is -2.05. The molecular weight excluding hydrogens is 284 g/mol. The summed E-state index contributed by atoms with van der Waals surface area (Å²) in [5.74, 6) is 0. The zero-order valence-corrected chi connectivity index (χ0v) is 12.8. The third kappa shape index (κ3) is 2.34. The zero-order valence-electron chi connectivity index (χ0n) is 12.8. The highest BCUT2D eigenvalue weighted by Gasteiger charge is 2.11. The van der Waals surface area contributed by atoms with Crippen molar-refractivity contribution < 1.29 is 0 Å². The van der Waals surface area contributed by atoms with E-state index in [0.717, 1.165) is 39.4 Å². The molecule has 0 aliphatic rings. The van der Waals surface area contributed by atoms with Crippen molar-refractivity contribution in [1.82, 2.24) is 14.8 Å². The molecule has 4 nitrogen and oxygen atoms in total. The zero-order chi connectivity index (χ0) is 15.8. The van der Waals surface area contributed by atoms with Gasteiger partial charge in [0.05, 0.1) is 17.1 Å². The molecule has 2 N–H and O–H groups in total. The van der Waals surface area contributed by atoms with Crippen molar-refractivity contribution in [3.05, 3.63) is 72.4 Å². The number of hydrogen-bond acceptors (Lipinski definition) is 3. The van der Waals surface area contributed by atoms with Crippen LogP contribution in [0.25, 0.3) is 28.0 Å². The average Bonchev–Trinajstić information content (AvgIpc) is 2.93. The molecule has 0 saturated carbocycles. The number of rotatable bonds is 2. The van der Waals surface area contributed by atoms with Gasteiger partial charge >= 0.3 is 0 Å². The van der Waals surface area contributed by atoms with E-state index in [0.29, 0.717) is 0 Å². The number of para-hydroxylation sites is 1. The van der Waals surface area contributed by atoms with Crippen LogP contribution in [0.2, 0.25) is 0 Å². The lowest BCUT2D eigenvalue weighted by atomic mass is 10.1. The SMILES string of the molecule is Cc1nn(-c2ccccc2)c2nc(-c3ccc(N)cc3)ccc12. The maximum absolute atomic E-state index is 5.76. The van der Waals surface area contributed by atoms with Crippen LogP contribution in [0.1, 0.15) is 5.69 Å². The Balaban J connectivity index is 1.92. The van der Waals surface area contributed by atoms with Crippen molar-refractivity contribution in [3.63, 3.8) is 0 Å². The number of nitrogens with two attached hydrogens (primary N) is 1. The molecule has 4 heteroatoms. The Morgan fingerprint density at radius 2 is 1.61 bits per heavy atom. The number of pyridine rings is 1. The van der Waals surface area contributed by atoms with Crippen molar-refractivity contribution in [3.8, 4) is 16.9 Å². The Hall–Kier alpha value is -3.14. The molecule has 4 aromatic rings. The molecule has 0 aliphatic heterocycles. The van der Waals surface area contributed by atoms with Crippen molar-refractivity contribution in [1.29, 1.82) is 0 Å². The van der Waals surface area contributed by atoms with Crippen LogP contribution >= 0.6 is 0 Å². The summed E-state index contributed by atoms with van der Waals surface area (Å²) in [6.45, 7) is 2.01. The van der Waals surface area contributed by atoms with Crippen LogP contribution in [0.4, 0.5) is 5.69 Å². The van der Waals surface area contributed by atoms with Gasteiger partial charge in [-0.2, -0.15) is 5.10 Å². The topological polar surface area (TPSA) is 56.7 Å². The normalized spacial score (nSPS) is 11.0. The molecular formula is C19H16N4. The minimum Gasteiger partial charge on any atom is -0.399 e. The summed E-state index contributed by atoms with van der Waals surface area (Å²) in [6, 6.07) is 21.9. The number of anilines is 1. The van der Waals surface area contributed by atoms with Crippen molar-refractivity contribution >= 4 is 16.7 Å². The molecule has 0 fully saturated rings. The van der Waals surface area contributed by atoms with Gasteiger partial charge in [-0.05, 0) is 43.3 Å². The molecule has 0 spiro atoms. The number of benzene rings is 2. The quantitative estimate of drug-likeness (QED) is 0.570. The molecule has 0 radical (unpaired) electrons. The standard InChI is InChI=1S/C19H16N4/c1-13-17-11-12-18(14-7-9-15(20)10-8-14)21-19(17)23(22-13)16-5-3-2-4-6-16/h2-12H,20H2,1H3. The number of hydrogen-bond donors (Lipinski definition) is 1. The number of nitrogens with zero attached hydrogens (tertiary/aromatic N) is 3. The average molecular weight is 300 g/mol. The number of fused-ring (bicyclic) bond motifs is 1. The third-order valence-corrected chi connectivity index (χ3v) is 3.92. The van der Waals surface area contributed by atoms with Crippen LogP contribution in [0, 0.1) is 6.92 Å². The highest BCUT2D eigenvalue weighted by molar-refractivity contribution is 5.82. The van der Waals surface area contributed by atoms with E-state index >= 15 is 0 Å². The molecule has 0 bridgehead atoms. The van der Waals surface area contributed by atoms with Gasteiger partial charge in [0, 0.05) is 16.6 Å². The maximum Gasteiger partial charge on any atom is 0.163 e. The Labute approximate surface area is 134 Å². The monoisotopic (exact) mass is 300 g/mol. The summed E-state index contributed by atoms with van der Waals surface area (Å²) in [5, 5.41) is 5.71. The van der Waals surface area contributed by atoms with Crippen LogP contribution in [0.5, 0.6) is 0 Å². The third-order valence-electron chi connectivity index (χ3n) is 3.92. The Bertz CT molecular complexity index is 970. The van der Waals surface area contributed by atoms with Gasteiger partial charge in [0.15, 0.2) is 5.65 Å². The first-order valence-electron chi connectivity index (χ1n) is 7.50. The van der Waals surface area contributed by atoms with Crippen LogP contribution in [-0.4, -0.2) is 14.8 Å². The first-order chi connectivity index (χ1) is 11.2. The van der Waals surface area contributed by atoms with Crippen LogP contribution < -0.4 is 5.73 Å². The summed E-state index contributed by atoms with van der Waals surface area (Å²) in [7, 11) is 0. The number of aryl methyl sites for hydroxylation is 1. The van der Waals surface area contributed by atoms with Crippen molar-refractivity contribution in [2.24, 2.45) is 0 Å². The summed E-state index contributed by atoms with van der Waals surface area (Å²) >= 11 is 0. The highest BCUT2D eigenvalue weighted by atomic mass is 15.3. The fourth-order valence-corrected chi connectivity index (χ4v) is 2.71. The lowest BCUT2D eigenvalue weighted by Crippen LogP contribution is -1.98. The van der Waals surface area contributed by atoms with Gasteiger partial charge < -0.3 is 5.73 Å². The van der Waals surface area contributed by atoms with Crippen LogP contribution in [0.3, 0.4) is 0 Å². The van der Waals surface area contributed by atoms with Gasteiger partial charge in [-0.15, -0.1) is 0 Å². The molecule has 0 atom stereocenters. The predicted molar refractivity (Wildman–Crippen MR) is 93.5 cm³/mol. The summed E-state index contributed by atoms with van der Waals surface area (Å²) in [6.07, 6.45) is 0. The predicted octanol–water partition coefficient (Wildman–Crippen LogP) is 3.98. The van der Waals surface area contributed by atoms with Gasteiger partial charge in [0.2, 0.25) is 0 Å². The van der Waals surface area contributed by atoms with E-state index in [1.807, 2.05) is 72.3 Å². The first-order valence-corrected chi connectivity index (χ1v) is 7.50. The Kier molecular flexibility index (Phi) is 3.08. The van der Waals surface area contributed by atoms with E-state index < -0.39 is 0 Å². The molecule has 2 aromatic carbocycles. The largest absolute Gasteiger partial charge is 0.399 e. The second-order valence-electron chi connectivity index (χ2n) is 5.52. The van der Waals surface area contributed by atoms with Gasteiger partial charge in [-0.25, -0.2) is 9.67 Å². The molecule has 23 heavy (non-hydrogen) atoms. The van der Waals surface area contributed by atoms with Gasteiger partial charge in [0.1, 0.15) is 0 Å². The molecule has 0 amide bonds. The van der Waals surface area contributed by atoms with E-state index in [1.54, 1.807) is 0 Å². The van der Waals surface area contributed by atoms with E-state index in [9.17, 15) is 0 Å². The minimum atomic E-state index is 0.750. The van der Waals surface area contributed by atoms with Gasteiger partial charge in [-0.3, -0.25) is 0 Å². The molecule has 2 aromatic heterocycles. The highest BCUT2D eigenvalue weighted by Crippen LogP contribution is 2.25. The number of aromatic nitrogens is 3. The van der Waals surface area contributed by atoms with E-state index in [-0.39, 0.29) is 0 Å². The van der Waals surface area contributed by atoms with Gasteiger partial charge in [-0.1, -0.05) is 30.3 Å². The maximum atomic E-state index is 5.76. The molecule has 0 unspecified atom stereocenters. The summed E-state index contributed by atoms with van der Waals surface area (Å²) in [5.41, 5.74) is 11.3.